The van der Waals surface area contributed by atoms with Crippen LogP contribution in [0.3, 0.4) is 0 Å². The summed E-state index contributed by atoms with van der Waals surface area (Å²) < 4.78 is 5.06. The van der Waals surface area contributed by atoms with Crippen LogP contribution in [0.4, 0.5) is 0 Å². The fourth-order valence-corrected chi connectivity index (χ4v) is 13.8. The molecule has 0 N–H and O–H groups in total. The Morgan fingerprint density at radius 2 is 0.881 bits per heavy atom. The number of rotatable bonds is 4. The first-order valence-corrected chi connectivity index (χ1v) is 22.5. The Kier molecular flexibility index (Phi) is 7.81. The average Bonchev–Trinajstić information content (AvgIpc) is 3.77. The van der Waals surface area contributed by atoms with E-state index in [0.29, 0.717) is 0 Å². The van der Waals surface area contributed by atoms with E-state index in [9.17, 15) is 0 Å². The minimum Gasteiger partial charge on any atom is -0.309 e. The van der Waals surface area contributed by atoms with E-state index in [0.717, 1.165) is 0 Å². The van der Waals surface area contributed by atoms with Gasteiger partial charge < -0.3 is 9.13 Å². The minimum atomic E-state index is -1.90. The van der Waals surface area contributed by atoms with Crippen molar-refractivity contribution in [3.8, 4) is 22.5 Å². The van der Waals surface area contributed by atoms with Gasteiger partial charge in [0.2, 0.25) is 0 Å². The van der Waals surface area contributed by atoms with Crippen molar-refractivity contribution in [2.24, 2.45) is 0 Å². The highest BCUT2D eigenvalue weighted by Gasteiger charge is 2.41. The molecule has 0 bridgehead atoms. The largest absolute Gasteiger partial charge is 0.309 e. The van der Waals surface area contributed by atoms with Gasteiger partial charge in [-0.25, -0.2) is 0 Å². The Morgan fingerprint density at radius 1 is 0.373 bits per heavy atom. The monoisotopic (exact) mass is 780 g/mol. The lowest BCUT2D eigenvalue weighted by atomic mass is 9.85. The van der Waals surface area contributed by atoms with Gasteiger partial charge in [-0.2, -0.15) is 0 Å². The molecule has 11 rings (SSSR count). The highest BCUT2D eigenvalue weighted by Crippen LogP contribution is 2.77. The summed E-state index contributed by atoms with van der Waals surface area (Å²) in [4.78, 5) is 5.44. The fraction of sp³-hybridized carbons (Fsp3) is 0.143. The number of hydrogen-bond acceptors (Lipinski definition) is 0. The number of fused-ring (bicyclic) bond motifs is 8. The summed E-state index contributed by atoms with van der Waals surface area (Å²) in [7, 11) is -1.90. The molecule has 8 aromatic carbocycles. The molecule has 2 aromatic heterocycles. The standard InChI is InChI=1S/C56H48N2S/c1-55(2,3)39-26-31-48-45(34-39)46-35-40(56(4,5)6)27-32-49(46)57(48)41-28-33-50-47(36-41)44-20-15-23-53-54(44)58(50)51-21-13-14-22-52(51)59(53,42-18-11-8-12-19-42)43-29-24-38(25-30-43)37-16-9-7-10-17-37/h7-36H,1-6H3. The maximum absolute atomic E-state index is 2.56. The molecule has 59 heavy (non-hydrogen) atoms. The van der Waals surface area contributed by atoms with Crippen molar-refractivity contribution in [2.45, 2.75) is 72.0 Å². The zero-order valence-corrected chi connectivity index (χ0v) is 35.4. The van der Waals surface area contributed by atoms with Gasteiger partial charge in [-0.3, -0.25) is 0 Å². The highest BCUT2D eigenvalue weighted by molar-refractivity contribution is 8.34. The third kappa shape index (κ3) is 5.27. The van der Waals surface area contributed by atoms with Crippen LogP contribution in [0.5, 0.6) is 0 Å². The minimum absolute atomic E-state index is 0.0478. The van der Waals surface area contributed by atoms with Crippen LogP contribution < -0.4 is 0 Å². The predicted octanol–water partition coefficient (Wildman–Crippen LogP) is 15.8. The van der Waals surface area contributed by atoms with Crippen molar-refractivity contribution < 1.29 is 0 Å². The molecular formula is C56H48N2S. The Balaban J connectivity index is 1.20. The lowest BCUT2D eigenvalue weighted by Crippen LogP contribution is -2.14. The van der Waals surface area contributed by atoms with E-state index >= 15 is 0 Å². The normalized spacial score (nSPS) is 16.4. The van der Waals surface area contributed by atoms with E-state index in [-0.39, 0.29) is 10.8 Å². The Labute approximate surface area is 348 Å². The molecule has 1 aliphatic rings. The van der Waals surface area contributed by atoms with Crippen molar-refractivity contribution in [3.63, 3.8) is 0 Å². The summed E-state index contributed by atoms with van der Waals surface area (Å²) in [5, 5.41) is 5.17. The van der Waals surface area contributed by atoms with Crippen LogP contribution in [0.2, 0.25) is 0 Å². The fourth-order valence-electron chi connectivity index (χ4n) is 9.67. The third-order valence-corrected chi connectivity index (χ3v) is 16.6. The number of para-hydroxylation sites is 2. The molecule has 0 saturated heterocycles. The number of benzene rings is 8. The summed E-state index contributed by atoms with van der Waals surface area (Å²) in [5.74, 6) is 0. The van der Waals surface area contributed by atoms with Gasteiger partial charge in [0.25, 0.3) is 0 Å². The Bertz CT molecular complexity index is 3190. The second-order valence-electron chi connectivity index (χ2n) is 18.3. The molecular weight excluding hydrogens is 733 g/mol. The van der Waals surface area contributed by atoms with Crippen LogP contribution in [-0.2, 0) is 10.8 Å². The van der Waals surface area contributed by atoms with E-state index in [1.807, 2.05) is 0 Å². The lowest BCUT2D eigenvalue weighted by Gasteiger charge is -2.46. The Hall–Kier alpha value is -6.29. The predicted molar refractivity (Wildman–Crippen MR) is 251 cm³/mol. The van der Waals surface area contributed by atoms with Crippen molar-refractivity contribution in [1.29, 1.82) is 0 Å². The molecule has 0 radical (unpaired) electrons. The van der Waals surface area contributed by atoms with Crippen molar-refractivity contribution in [2.75, 3.05) is 0 Å². The molecule has 0 fully saturated rings. The first-order valence-electron chi connectivity index (χ1n) is 20.8. The summed E-state index contributed by atoms with van der Waals surface area (Å²) in [6.07, 6.45) is 0. The van der Waals surface area contributed by atoms with E-state index in [1.165, 1.54) is 96.8 Å². The first-order chi connectivity index (χ1) is 28.5. The lowest BCUT2D eigenvalue weighted by molar-refractivity contribution is 0.590. The zero-order valence-electron chi connectivity index (χ0n) is 34.6. The van der Waals surface area contributed by atoms with Crippen LogP contribution in [0.25, 0.3) is 66.1 Å². The van der Waals surface area contributed by atoms with Crippen LogP contribution in [0, 0.1) is 0 Å². The average molecular weight is 781 g/mol. The van der Waals surface area contributed by atoms with E-state index < -0.39 is 10.0 Å². The zero-order chi connectivity index (χ0) is 40.3. The molecule has 10 aromatic rings. The molecule has 1 unspecified atom stereocenters. The van der Waals surface area contributed by atoms with E-state index in [2.05, 4.69) is 233 Å². The van der Waals surface area contributed by atoms with Crippen LogP contribution >= 0.6 is 10.0 Å². The van der Waals surface area contributed by atoms with Gasteiger partial charge in [-0.1, -0.05) is 139 Å². The van der Waals surface area contributed by atoms with Gasteiger partial charge in [-0.05, 0) is 118 Å². The molecule has 3 heteroatoms. The summed E-state index contributed by atoms with van der Waals surface area (Å²) in [5.41, 5.74) is 12.7. The van der Waals surface area contributed by atoms with Crippen molar-refractivity contribution >= 4 is 53.6 Å². The van der Waals surface area contributed by atoms with Crippen LogP contribution in [0.1, 0.15) is 52.7 Å². The van der Waals surface area contributed by atoms with Gasteiger partial charge >= 0.3 is 0 Å². The smallest absolute Gasteiger partial charge is 0.0671 e. The van der Waals surface area contributed by atoms with Crippen LogP contribution in [0.15, 0.2) is 202 Å². The first kappa shape index (κ1) is 35.8. The van der Waals surface area contributed by atoms with E-state index in [4.69, 9.17) is 0 Å². The second kappa shape index (κ2) is 12.9. The molecule has 0 spiro atoms. The molecule has 2 nitrogen and oxygen atoms in total. The molecule has 1 aliphatic heterocycles. The molecule has 0 aliphatic carbocycles. The number of hydrogen-bond donors (Lipinski definition) is 0. The summed E-state index contributed by atoms with van der Waals surface area (Å²) in [6.45, 7) is 13.9. The number of nitrogens with zero attached hydrogens (tertiary/aromatic N) is 2. The SMILES string of the molecule is CC(C)(C)c1ccc2c(c1)c1cc(C(C)(C)C)ccc1n2-c1ccc2c(c1)c1cccc3c1n2-c1ccccc1S3(c1ccccc1)c1ccc(-c2ccccc2)cc1. The molecule has 3 heterocycles. The van der Waals surface area contributed by atoms with Gasteiger partial charge in [0, 0.05) is 46.8 Å². The number of aromatic nitrogens is 2. The Morgan fingerprint density at radius 3 is 1.53 bits per heavy atom. The summed E-state index contributed by atoms with van der Waals surface area (Å²) >= 11 is 0. The topological polar surface area (TPSA) is 9.86 Å². The highest BCUT2D eigenvalue weighted by atomic mass is 32.3. The molecule has 288 valence electrons. The third-order valence-electron chi connectivity index (χ3n) is 12.7. The van der Waals surface area contributed by atoms with Gasteiger partial charge in [-0.15, -0.1) is 10.0 Å². The maximum Gasteiger partial charge on any atom is 0.0671 e. The molecule has 0 saturated carbocycles. The maximum atomic E-state index is 2.56. The summed E-state index contributed by atoms with van der Waals surface area (Å²) in [6, 6.07) is 69.1. The van der Waals surface area contributed by atoms with Gasteiger partial charge in [0.15, 0.2) is 0 Å². The van der Waals surface area contributed by atoms with Gasteiger partial charge in [0.1, 0.15) is 0 Å². The van der Waals surface area contributed by atoms with Crippen molar-refractivity contribution in [1.82, 2.24) is 9.13 Å². The quantitative estimate of drug-likeness (QED) is 0.168. The molecule has 0 amide bonds. The van der Waals surface area contributed by atoms with Gasteiger partial charge in [0.05, 0.1) is 27.8 Å². The molecule has 1 atom stereocenters. The van der Waals surface area contributed by atoms with E-state index in [1.54, 1.807) is 0 Å². The second-order valence-corrected chi connectivity index (χ2v) is 21.3. The van der Waals surface area contributed by atoms with Crippen molar-refractivity contribution in [3.05, 3.63) is 193 Å². The van der Waals surface area contributed by atoms with Crippen LogP contribution in [-0.4, -0.2) is 9.13 Å².